The molecule has 0 atom stereocenters. The van der Waals surface area contributed by atoms with Crippen LogP contribution in [0.3, 0.4) is 0 Å². The van der Waals surface area contributed by atoms with Crippen molar-refractivity contribution in [2.24, 2.45) is 0 Å². The van der Waals surface area contributed by atoms with E-state index in [9.17, 15) is 9.59 Å². The molecule has 0 aliphatic heterocycles. The number of H-pyrrole nitrogens is 1. The SMILES string of the molecule is Cc1ccccc1C(=O)NCCCNC(=O)c1cc2ccccc2[nH]1. The summed E-state index contributed by atoms with van der Waals surface area (Å²) in [5.74, 6) is -0.221. The predicted octanol–water partition coefficient (Wildman–Crippen LogP) is 3.03. The molecule has 0 unspecified atom stereocenters. The third-order valence-corrected chi connectivity index (χ3v) is 4.09. The molecule has 5 heteroatoms. The molecule has 25 heavy (non-hydrogen) atoms. The van der Waals surface area contributed by atoms with Crippen LogP contribution in [0.25, 0.3) is 10.9 Å². The van der Waals surface area contributed by atoms with E-state index in [0.29, 0.717) is 30.8 Å². The van der Waals surface area contributed by atoms with Crippen LogP contribution in [-0.4, -0.2) is 29.9 Å². The summed E-state index contributed by atoms with van der Waals surface area (Å²) >= 11 is 0. The molecule has 0 fully saturated rings. The summed E-state index contributed by atoms with van der Waals surface area (Å²) < 4.78 is 0. The Bertz CT molecular complexity index is 866. The summed E-state index contributed by atoms with van der Waals surface area (Å²) in [5.41, 5.74) is 3.13. The van der Waals surface area contributed by atoms with Gasteiger partial charge >= 0.3 is 0 Å². The highest BCUT2D eigenvalue weighted by atomic mass is 16.2. The Kier molecular flexibility index (Phi) is 5.14. The molecule has 3 N–H and O–H groups in total. The number of hydrogen-bond donors (Lipinski definition) is 3. The van der Waals surface area contributed by atoms with Gasteiger partial charge in [-0.2, -0.15) is 0 Å². The number of aryl methyl sites for hydroxylation is 1. The van der Waals surface area contributed by atoms with Crippen molar-refractivity contribution in [2.75, 3.05) is 13.1 Å². The van der Waals surface area contributed by atoms with Crippen LogP contribution >= 0.6 is 0 Å². The Morgan fingerprint density at radius 2 is 1.60 bits per heavy atom. The van der Waals surface area contributed by atoms with Gasteiger partial charge in [-0.25, -0.2) is 0 Å². The molecule has 1 heterocycles. The minimum atomic E-state index is -0.138. The monoisotopic (exact) mass is 335 g/mol. The van der Waals surface area contributed by atoms with Gasteiger partial charge in [0.1, 0.15) is 5.69 Å². The molecule has 0 aliphatic carbocycles. The van der Waals surface area contributed by atoms with Gasteiger partial charge in [-0.1, -0.05) is 36.4 Å². The fourth-order valence-electron chi connectivity index (χ4n) is 2.71. The normalized spacial score (nSPS) is 10.6. The smallest absolute Gasteiger partial charge is 0.267 e. The number of aromatic amines is 1. The van der Waals surface area contributed by atoms with Gasteiger partial charge in [0.2, 0.25) is 0 Å². The maximum Gasteiger partial charge on any atom is 0.267 e. The first-order valence-corrected chi connectivity index (χ1v) is 8.35. The molecule has 3 aromatic rings. The number of hydrogen-bond acceptors (Lipinski definition) is 2. The van der Waals surface area contributed by atoms with Crippen molar-refractivity contribution in [3.05, 3.63) is 71.4 Å². The van der Waals surface area contributed by atoms with E-state index in [1.54, 1.807) is 0 Å². The lowest BCUT2D eigenvalue weighted by atomic mass is 10.1. The van der Waals surface area contributed by atoms with Crippen LogP contribution in [0.5, 0.6) is 0 Å². The molecule has 0 saturated carbocycles. The number of rotatable bonds is 6. The van der Waals surface area contributed by atoms with E-state index in [0.717, 1.165) is 16.5 Å². The number of carbonyl (C=O) groups is 2. The minimum absolute atomic E-state index is 0.0833. The van der Waals surface area contributed by atoms with Gasteiger partial charge in [-0.05, 0) is 37.1 Å². The van der Waals surface area contributed by atoms with Gasteiger partial charge in [0.25, 0.3) is 11.8 Å². The lowest BCUT2D eigenvalue weighted by Gasteiger charge is -2.08. The van der Waals surface area contributed by atoms with Gasteiger partial charge < -0.3 is 15.6 Å². The Morgan fingerprint density at radius 1 is 0.920 bits per heavy atom. The fourth-order valence-corrected chi connectivity index (χ4v) is 2.71. The highest BCUT2D eigenvalue weighted by Crippen LogP contribution is 2.14. The first kappa shape index (κ1) is 16.8. The van der Waals surface area contributed by atoms with Crippen molar-refractivity contribution >= 4 is 22.7 Å². The van der Waals surface area contributed by atoms with Gasteiger partial charge in [0.15, 0.2) is 0 Å². The van der Waals surface area contributed by atoms with Crippen molar-refractivity contribution in [1.82, 2.24) is 15.6 Å². The van der Waals surface area contributed by atoms with E-state index in [-0.39, 0.29) is 11.8 Å². The summed E-state index contributed by atoms with van der Waals surface area (Å²) in [4.78, 5) is 27.3. The quantitative estimate of drug-likeness (QED) is 0.606. The lowest BCUT2D eigenvalue weighted by Crippen LogP contribution is -2.30. The Balaban J connectivity index is 1.43. The number of benzene rings is 2. The van der Waals surface area contributed by atoms with E-state index >= 15 is 0 Å². The fraction of sp³-hybridized carbons (Fsp3) is 0.200. The molecular weight excluding hydrogens is 314 g/mol. The first-order chi connectivity index (χ1) is 12.1. The maximum absolute atomic E-state index is 12.1. The second kappa shape index (κ2) is 7.66. The third kappa shape index (κ3) is 4.07. The zero-order valence-corrected chi connectivity index (χ0v) is 14.1. The van der Waals surface area contributed by atoms with Gasteiger partial charge in [0, 0.05) is 29.6 Å². The average molecular weight is 335 g/mol. The second-order valence-electron chi connectivity index (χ2n) is 5.95. The average Bonchev–Trinajstić information content (AvgIpc) is 3.05. The Hall–Kier alpha value is -3.08. The highest BCUT2D eigenvalue weighted by molar-refractivity contribution is 5.98. The van der Waals surface area contributed by atoms with Gasteiger partial charge in [-0.3, -0.25) is 9.59 Å². The number of nitrogens with one attached hydrogen (secondary N) is 3. The Labute approximate surface area is 146 Å². The topological polar surface area (TPSA) is 74.0 Å². The van der Waals surface area contributed by atoms with Crippen molar-refractivity contribution in [3.63, 3.8) is 0 Å². The largest absolute Gasteiger partial charge is 0.352 e. The van der Waals surface area contributed by atoms with Gasteiger partial charge in [0.05, 0.1) is 0 Å². The summed E-state index contributed by atoms with van der Waals surface area (Å²) in [5, 5.41) is 6.75. The summed E-state index contributed by atoms with van der Waals surface area (Å²) in [7, 11) is 0. The number of aromatic nitrogens is 1. The molecule has 0 spiro atoms. The molecular formula is C20H21N3O2. The molecule has 0 radical (unpaired) electrons. The predicted molar refractivity (Wildman–Crippen MR) is 98.8 cm³/mol. The van der Waals surface area contributed by atoms with E-state index in [1.165, 1.54) is 0 Å². The second-order valence-corrected chi connectivity index (χ2v) is 5.95. The van der Waals surface area contributed by atoms with Crippen molar-refractivity contribution in [1.29, 1.82) is 0 Å². The van der Waals surface area contributed by atoms with Gasteiger partial charge in [-0.15, -0.1) is 0 Å². The van der Waals surface area contributed by atoms with Crippen LogP contribution in [0.1, 0.15) is 32.8 Å². The zero-order valence-electron chi connectivity index (χ0n) is 14.1. The Morgan fingerprint density at radius 3 is 2.36 bits per heavy atom. The molecule has 3 rings (SSSR count). The minimum Gasteiger partial charge on any atom is -0.352 e. The third-order valence-electron chi connectivity index (χ3n) is 4.09. The van der Waals surface area contributed by atoms with E-state index < -0.39 is 0 Å². The molecule has 0 aliphatic rings. The number of amides is 2. The van der Waals surface area contributed by atoms with Crippen LogP contribution in [-0.2, 0) is 0 Å². The molecule has 1 aromatic heterocycles. The number of carbonyl (C=O) groups excluding carboxylic acids is 2. The number of para-hydroxylation sites is 1. The van der Waals surface area contributed by atoms with Crippen LogP contribution in [0, 0.1) is 6.92 Å². The zero-order chi connectivity index (χ0) is 17.6. The summed E-state index contributed by atoms with van der Waals surface area (Å²) in [6, 6.07) is 17.1. The van der Waals surface area contributed by atoms with Crippen molar-refractivity contribution in [2.45, 2.75) is 13.3 Å². The standard InChI is InChI=1S/C20H21N3O2/c1-14-7-2-4-9-16(14)19(24)21-11-6-12-22-20(25)18-13-15-8-3-5-10-17(15)23-18/h2-5,7-10,13,23H,6,11-12H2,1H3,(H,21,24)(H,22,25). The summed E-state index contributed by atoms with van der Waals surface area (Å²) in [6.07, 6.45) is 0.670. The van der Waals surface area contributed by atoms with Crippen LogP contribution in [0.2, 0.25) is 0 Å². The molecule has 0 bridgehead atoms. The molecule has 2 amide bonds. The first-order valence-electron chi connectivity index (χ1n) is 8.35. The highest BCUT2D eigenvalue weighted by Gasteiger charge is 2.09. The van der Waals surface area contributed by atoms with E-state index in [1.807, 2.05) is 61.5 Å². The maximum atomic E-state index is 12.1. The lowest BCUT2D eigenvalue weighted by molar-refractivity contribution is 0.0948. The van der Waals surface area contributed by atoms with Crippen molar-refractivity contribution in [3.8, 4) is 0 Å². The van der Waals surface area contributed by atoms with Crippen LogP contribution in [0.15, 0.2) is 54.6 Å². The van der Waals surface area contributed by atoms with Crippen molar-refractivity contribution < 1.29 is 9.59 Å². The van der Waals surface area contributed by atoms with Crippen LogP contribution in [0.4, 0.5) is 0 Å². The van der Waals surface area contributed by atoms with Crippen LogP contribution < -0.4 is 10.6 Å². The molecule has 0 saturated heterocycles. The molecule has 2 aromatic carbocycles. The number of fused-ring (bicyclic) bond motifs is 1. The molecule has 5 nitrogen and oxygen atoms in total. The van der Waals surface area contributed by atoms with E-state index in [2.05, 4.69) is 15.6 Å². The molecule has 128 valence electrons. The summed E-state index contributed by atoms with van der Waals surface area (Å²) in [6.45, 7) is 2.93. The van der Waals surface area contributed by atoms with E-state index in [4.69, 9.17) is 0 Å².